The molecule has 4 heteroatoms. The molecule has 0 bridgehead atoms. The first-order chi connectivity index (χ1) is 9.22. The van der Waals surface area contributed by atoms with E-state index in [0.29, 0.717) is 5.69 Å². The molecule has 98 valence electrons. The Bertz CT molecular complexity index is 554. The van der Waals surface area contributed by atoms with Gasteiger partial charge in [0.2, 0.25) is 0 Å². The van der Waals surface area contributed by atoms with Crippen LogP contribution in [0.5, 0.6) is 0 Å². The second-order valence-corrected chi connectivity index (χ2v) is 4.20. The molecule has 0 saturated carbocycles. The van der Waals surface area contributed by atoms with Crippen molar-refractivity contribution >= 4 is 17.3 Å². The average Bonchev–Trinajstić information content (AvgIpc) is 2.48. The zero-order valence-corrected chi connectivity index (χ0v) is 11.1. The second kappa shape index (κ2) is 6.00. The molecule has 0 spiro atoms. The number of anilines is 2. The van der Waals surface area contributed by atoms with Crippen molar-refractivity contribution in [3.8, 4) is 0 Å². The molecule has 0 aliphatic heterocycles. The lowest BCUT2D eigenvalue weighted by Gasteiger charge is -2.20. The van der Waals surface area contributed by atoms with Gasteiger partial charge >= 0.3 is 0 Å². The summed E-state index contributed by atoms with van der Waals surface area (Å²) in [6.45, 7) is 2.94. The van der Waals surface area contributed by atoms with Crippen LogP contribution in [0.1, 0.15) is 17.4 Å². The highest BCUT2D eigenvalue weighted by Crippen LogP contribution is 2.24. The van der Waals surface area contributed by atoms with E-state index in [1.807, 2.05) is 31.3 Å². The van der Waals surface area contributed by atoms with Gasteiger partial charge in [-0.05, 0) is 31.2 Å². The predicted octanol–water partition coefficient (Wildman–Crippen LogP) is 2.79. The molecule has 0 aliphatic carbocycles. The van der Waals surface area contributed by atoms with E-state index in [2.05, 4.69) is 22.1 Å². The van der Waals surface area contributed by atoms with Gasteiger partial charge in [-0.15, -0.1) is 0 Å². The highest BCUT2D eigenvalue weighted by Gasteiger charge is 2.11. The number of benzene rings is 1. The maximum Gasteiger partial charge on any atom is 0.274 e. The SMILES string of the molecule is CCN(C)c1ccccc1NC(=O)c1ccccn1. The number of para-hydroxylation sites is 2. The standard InChI is InChI=1S/C15H17N3O/c1-3-18(2)14-10-5-4-8-12(14)17-15(19)13-9-6-7-11-16-13/h4-11H,3H2,1-2H3,(H,17,19). The van der Waals surface area contributed by atoms with Gasteiger partial charge in [0, 0.05) is 19.8 Å². The molecular formula is C15H17N3O. The summed E-state index contributed by atoms with van der Waals surface area (Å²) < 4.78 is 0. The Balaban J connectivity index is 2.22. The van der Waals surface area contributed by atoms with Crippen molar-refractivity contribution in [2.24, 2.45) is 0 Å². The lowest BCUT2D eigenvalue weighted by atomic mass is 10.2. The first-order valence-electron chi connectivity index (χ1n) is 6.25. The van der Waals surface area contributed by atoms with Crippen LogP contribution < -0.4 is 10.2 Å². The monoisotopic (exact) mass is 255 g/mol. The third-order valence-corrected chi connectivity index (χ3v) is 2.94. The molecule has 0 fully saturated rings. The fourth-order valence-electron chi connectivity index (χ4n) is 1.77. The average molecular weight is 255 g/mol. The van der Waals surface area contributed by atoms with Crippen LogP contribution in [0.15, 0.2) is 48.7 Å². The largest absolute Gasteiger partial charge is 0.373 e. The van der Waals surface area contributed by atoms with Gasteiger partial charge in [-0.1, -0.05) is 18.2 Å². The summed E-state index contributed by atoms with van der Waals surface area (Å²) in [6, 6.07) is 13.0. The van der Waals surface area contributed by atoms with Gasteiger partial charge < -0.3 is 10.2 Å². The molecule has 1 heterocycles. The Labute approximate surface area is 113 Å². The van der Waals surface area contributed by atoms with Crippen LogP contribution in [0.4, 0.5) is 11.4 Å². The van der Waals surface area contributed by atoms with Crippen LogP contribution in [0.2, 0.25) is 0 Å². The van der Waals surface area contributed by atoms with Gasteiger partial charge in [0.15, 0.2) is 0 Å². The summed E-state index contributed by atoms with van der Waals surface area (Å²) >= 11 is 0. The first-order valence-corrected chi connectivity index (χ1v) is 6.25. The molecule has 1 aromatic heterocycles. The summed E-state index contributed by atoms with van der Waals surface area (Å²) in [5.74, 6) is -0.197. The van der Waals surface area contributed by atoms with Crippen LogP contribution in [0.25, 0.3) is 0 Å². The van der Waals surface area contributed by atoms with Crippen LogP contribution in [-0.2, 0) is 0 Å². The number of amides is 1. The van der Waals surface area contributed by atoms with Crippen LogP contribution in [0.3, 0.4) is 0 Å². The molecule has 4 nitrogen and oxygen atoms in total. The van der Waals surface area contributed by atoms with Gasteiger partial charge in [0.25, 0.3) is 5.91 Å². The van der Waals surface area contributed by atoms with Crippen molar-refractivity contribution in [2.45, 2.75) is 6.92 Å². The van der Waals surface area contributed by atoms with E-state index in [9.17, 15) is 4.79 Å². The number of hydrogen-bond acceptors (Lipinski definition) is 3. The smallest absolute Gasteiger partial charge is 0.274 e. The second-order valence-electron chi connectivity index (χ2n) is 4.20. The number of carbonyl (C=O) groups excluding carboxylic acids is 1. The molecule has 0 saturated heterocycles. The number of aromatic nitrogens is 1. The van der Waals surface area contributed by atoms with Crippen molar-refractivity contribution in [3.63, 3.8) is 0 Å². The van der Waals surface area contributed by atoms with E-state index in [4.69, 9.17) is 0 Å². The summed E-state index contributed by atoms with van der Waals surface area (Å²) in [5.41, 5.74) is 2.20. The minimum absolute atomic E-state index is 0.197. The van der Waals surface area contributed by atoms with Gasteiger partial charge in [-0.2, -0.15) is 0 Å². The summed E-state index contributed by atoms with van der Waals surface area (Å²) in [6.07, 6.45) is 1.61. The molecule has 1 amide bonds. The molecular weight excluding hydrogens is 238 g/mol. The van der Waals surface area contributed by atoms with Gasteiger partial charge in [0.05, 0.1) is 11.4 Å². The van der Waals surface area contributed by atoms with E-state index in [1.165, 1.54) is 0 Å². The zero-order chi connectivity index (χ0) is 13.7. The van der Waals surface area contributed by atoms with Gasteiger partial charge in [-0.25, -0.2) is 0 Å². The first kappa shape index (κ1) is 13.1. The zero-order valence-electron chi connectivity index (χ0n) is 11.1. The third-order valence-electron chi connectivity index (χ3n) is 2.94. The number of hydrogen-bond donors (Lipinski definition) is 1. The Morgan fingerprint density at radius 2 is 1.95 bits per heavy atom. The summed E-state index contributed by atoms with van der Waals surface area (Å²) in [7, 11) is 1.99. The minimum Gasteiger partial charge on any atom is -0.373 e. The van der Waals surface area contributed by atoms with E-state index < -0.39 is 0 Å². The molecule has 0 unspecified atom stereocenters. The molecule has 1 N–H and O–H groups in total. The highest BCUT2D eigenvalue weighted by atomic mass is 16.1. The van der Waals surface area contributed by atoms with Crippen LogP contribution in [0, 0.1) is 0 Å². The number of nitrogens with one attached hydrogen (secondary N) is 1. The topological polar surface area (TPSA) is 45.2 Å². The Morgan fingerprint density at radius 3 is 2.63 bits per heavy atom. The quantitative estimate of drug-likeness (QED) is 0.913. The van der Waals surface area contributed by atoms with Crippen LogP contribution >= 0.6 is 0 Å². The van der Waals surface area contributed by atoms with Crippen molar-refractivity contribution in [1.29, 1.82) is 0 Å². The predicted molar refractivity (Wildman–Crippen MR) is 77.6 cm³/mol. The summed E-state index contributed by atoms with van der Waals surface area (Å²) in [5, 5.41) is 2.90. The van der Waals surface area contributed by atoms with E-state index in [0.717, 1.165) is 17.9 Å². The fourth-order valence-corrected chi connectivity index (χ4v) is 1.77. The lowest BCUT2D eigenvalue weighted by Crippen LogP contribution is -2.20. The Morgan fingerprint density at radius 1 is 1.21 bits per heavy atom. The minimum atomic E-state index is -0.197. The molecule has 0 atom stereocenters. The maximum atomic E-state index is 12.1. The van der Waals surface area contributed by atoms with E-state index in [-0.39, 0.29) is 5.91 Å². The number of pyridine rings is 1. The van der Waals surface area contributed by atoms with Crippen molar-refractivity contribution < 1.29 is 4.79 Å². The lowest BCUT2D eigenvalue weighted by molar-refractivity contribution is 0.102. The summed E-state index contributed by atoms with van der Waals surface area (Å²) in [4.78, 5) is 18.2. The maximum absolute atomic E-state index is 12.1. The normalized spacial score (nSPS) is 10.0. The van der Waals surface area contributed by atoms with Gasteiger partial charge in [0.1, 0.15) is 5.69 Å². The van der Waals surface area contributed by atoms with Crippen molar-refractivity contribution in [2.75, 3.05) is 23.8 Å². The molecule has 2 aromatic rings. The van der Waals surface area contributed by atoms with E-state index >= 15 is 0 Å². The third kappa shape index (κ3) is 3.10. The molecule has 0 aliphatic rings. The van der Waals surface area contributed by atoms with Crippen molar-refractivity contribution in [3.05, 3.63) is 54.4 Å². The fraction of sp³-hybridized carbons (Fsp3) is 0.200. The number of carbonyl (C=O) groups is 1. The van der Waals surface area contributed by atoms with Crippen LogP contribution in [-0.4, -0.2) is 24.5 Å². The Hall–Kier alpha value is -2.36. The Kier molecular flexibility index (Phi) is 4.13. The highest BCUT2D eigenvalue weighted by molar-refractivity contribution is 6.04. The number of nitrogens with zero attached hydrogens (tertiary/aromatic N) is 2. The van der Waals surface area contributed by atoms with Gasteiger partial charge in [-0.3, -0.25) is 9.78 Å². The number of rotatable bonds is 4. The molecule has 1 aromatic carbocycles. The molecule has 0 radical (unpaired) electrons. The molecule has 2 rings (SSSR count). The van der Waals surface area contributed by atoms with E-state index in [1.54, 1.807) is 24.4 Å². The van der Waals surface area contributed by atoms with Crippen molar-refractivity contribution in [1.82, 2.24) is 4.98 Å². The molecule has 19 heavy (non-hydrogen) atoms.